The Hall–Kier alpha value is -3.30. The Bertz CT molecular complexity index is 1410. The molecule has 0 spiro atoms. The molecule has 3 aromatic rings. The second-order valence-corrected chi connectivity index (χ2v) is 9.61. The van der Waals surface area contributed by atoms with Gasteiger partial charge in [0.15, 0.2) is 0 Å². The third-order valence-electron chi connectivity index (χ3n) is 4.75. The van der Waals surface area contributed by atoms with E-state index >= 15 is 0 Å². The number of ether oxygens (including phenoxy) is 1. The number of amides is 1. The molecule has 0 fully saturated rings. The van der Waals surface area contributed by atoms with Gasteiger partial charge in [0.25, 0.3) is 6.04 Å². The van der Waals surface area contributed by atoms with Crippen molar-refractivity contribution in [3.63, 3.8) is 0 Å². The van der Waals surface area contributed by atoms with Crippen LogP contribution in [0.5, 0.6) is 0 Å². The number of primary amides is 1. The molecule has 0 aliphatic rings. The summed E-state index contributed by atoms with van der Waals surface area (Å²) in [5.41, 5.74) is 7.40. The first-order valence-electron chi connectivity index (χ1n) is 9.69. The van der Waals surface area contributed by atoms with Gasteiger partial charge in [0.1, 0.15) is 4.92 Å². The minimum absolute atomic E-state index is 0.00860. The molecule has 4 N–H and O–H groups in total. The Morgan fingerprint density at radius 1 is 1.24 bits per heavy atom. The number of hydrogen-bond acceptors (Lipinski definition) is 6. The zero-order valence-electron chi connectivity index (χ0n) is 17.4. The number of H-pyrrole nitrogens is 1. The summed E-state index contributed by atoms with van der Waals surface area (Å²) >= 11 is 12.4. The lowest BCUT2D eigenvalue weighted by Gasteiger charge is -2.09. The molecular formula is C21H18Cl2N4O6S. The normalized spacial score (nSPS) is 11.1. The van der Waals surface area contributed by atoms with Gasteiger partial charge in [-0.1, -0.05) is 35.3 Å². The molecular weight excluding hydrogens is 507 g/mol. The van der Waals surface area contributed by atoms with E-state index < -0.39 is 21.0 Å². The maximum Gasteiger partial charge on any atom is 0.404 e. The highest BCUT2D eigenvalue weighted by Gasteiger charge is 2.19. The smallest absolute Gasteiger partial charge is 0.404 e. The first-order chi connectivity index (χ1) is 16.1. The van der Waals surface area contributed by atoms with Gasteiger partial charge in [0.2, 0.25) is 10.0 Å². The lowest BCUT2D eigenvalue weighted by molar-refractivity contribution is -0.379. The summed E-state index contributed by atoms with van der Waals surface area (Å²) < 4.78 is 32.9. The maximum absolute atomic E-state index is 12.8. The Morgan fingerprint density at radius 2 is 1.94 bits per heavy atom. The van der Waals surface area contributed by atoms with Crippen LogP contribution in [-0.2, 0) is 34.1 Å². The summed E-state index contributed by atoms with van der Waals surface area (Å²) in [6.45, 7) is -0.125. The van der Waals surface area contributed by atoms with Crippen molar-refractivity contribution >= 4 is 50.2 Å². The number of nitrogens with one attached hydrogen (secondary N) is 2. The highest BCUT2D eigenvalue weighted by molar-refractivity contribution is 7.89. The summed E-state index contributed by atoms with van der Waals surface area (Å²) in [5, 5.41) is 11.7. The number of benzene rings is 2. The van der Waals surface area contributed by atoms with E-state index in [2.05, 4.69) is 15.6 Å². The van der Waals surface area contributed by atoms with Crippen molar-refractivity contribution in [3.05, 3.63) is 73.4 Å². The zero-order valence-corrected chi connectivity index (χ0v) is 19.8. The molecule has 0 unspecified atom stereocenters. The topological polar surface area (TPSA) is 157 Å². The Morgan fingerprint density at radius 3 is 2.59 bits per heavy atom. The van der Waals surface area contributed by atoms with Crippen LogP contribution in [0.4, 0.5) is 4.79 Å². The molecule has 2 aromatic carbocycles. The Labute approximate surface area is 204 Å². The van der Waals surface area contributed by atoms with Crippen LogP contribution >= 0.6 is 23.2 Å². The molecule has 0 aliphatic heterocycles. The largest absolute Gasteiger partial charge is 0.449 e. The molecule has 0 bridgehead atoms. The van der Waals surface area contributed by atoms with Gasteiger partial charge in [-0.15, -0.1) is 0 Å². The van der Waals surface area contributed by atoms with Crippen molar-refractivity contribution in [2.24, 2.45) is 5.73 Å². The molecule has 1 aromatic heterocycles. The monoisotopic (exact) mass is 524 g/mol. The van der Waals surface area contributed by atoms with Gasteiger partial charge in [-0.05, 0) is 41.3 Å². The average Bonchev–Trinajstić information content (AvgIpc) is 3.10. The SMILES string of the molecule is NC(=O)OCCc1c(CNS(=O)(=O)c2ccc(CC#C[N+](=O)[O-])cc2)[nH]c2c(Cl)cc(Cl)cc12. The number of nitrogens with two attached hydrogens (primary N) is 1. The fourth-order valence-electron chi connectivity index (χ4n) is 3.26. The number of nitrogens with zero attached hydrogens (tertiary/aromatic N) is 1. The first kappa shape index (κ1) is 25.3. The van der Waals surface area contributed by atoms with Gasteiger partial charge in [-0.2, -0.15) is 0 Å². The molecule has 178 valence electrons. The van der Waals surface area contributed by atoms with Crippen LogP contribution in [0.1, 0.15) is 16.8 Å². The molecule has 0 radical (unpaired) electrons. The first-order valence-corrected chi connectivity index (χ1v) is 11.9. The fraction of sp³-hybridized carbons (Fsp3) is 0.190. The van der Waals surface area contributed by atoms with Crippen LogP contribution in [-0.4, -0.2) is 31.0 Å². The molecule has 3 rings (SSSR count). The van der Waals surface area contributed by atoms with E-state index in [9.17, 15) is 23.3 Å². The highest BCUT2D eigenvalue weighted by Crippen LogP contribution is 2.32. The highest BCUT2D eigenvalue weighted by atomic mass is 35.5. The van der Waals surface area contributed by atoms with E-state index in [4.69, 9.17) is 33.7 Å². The van der Waals surface area contributed by atoms with Gasteiger partial charge in [-0.3, -0.25) is 0 Å². The number of rotatable bonds is 8. The van der Waals surface area contributed by atoms with Gasteiger partial charge < -0.3 is 15.5 Å². The summed E-state index contributed by atoms with van der Waals surface area (Å²) in [7, 11) is -3.89. The summed E-state index contributed by atoms with van der Waals surface area (Å²) in [4.78, 5) is 23.6. The van der Waals surface area contributed by atoms with Crippen molar-refractivity contribution in [3.8, 4) is 12.0 Å². The molecule has 1 amide bonds. The van der Waals surface area contributed by atoms with Crippen LogP contribution in [0.2, 0.25) is 10.0 Å². The van der Waals surface area contributed by atoms with Gasteiger partial charge in [-0.25, -0.2) is 28.0 Å². The standard InChI is InChI=1S/C21H18Cl2N4O6S/c22-14-10-17-16(7-9-33-21(24)28)19(26-20(17)18(23)11-14)12-25-34(31,32)15-5-3-13(4-6-15)2-1-8-27(29)30/h3-6,10-11,25-26H,2,7,9,12H2,(H2,24,28). The third kappa shape index (κ3) is 6.39. The van der Waals surface area contributed by atoms with E-state index in [1.165, 1.54) is 24.3 Å². The second kappa shape index (κ2) is 10.8. The third-order valence-corrected chi connectivity index (χ3v) is 6.69. The molecule has 10 nitrogen and oxygen atoms in total. The molecule has 34 heavy (non-hydrogen) atoms. The number of aromatic amines is 1. The summed E-state index contributed by atoms with van der Waals surface area (Å²) in [6.07, 6.45) is -0.564. The minimum Gasteiger partial charge on any atom is -0.449 e. The van der Waals surface area contributed by atoms with Crippen molar-refractivity contribution in [1.82, 2.24) is 9.71 Å². The van der Waals surface area contributed by atoms with E-state index in [0.29, 0.717) is 37.8 Å². The van der Waals surface area contributed by atoms with Crippen molar-refractivity contribution < 1.29 is 22.9 Å². The number of carbonyl (C=O) groups excluding carboxylic acids is 1. The quantitative estimate of drug-likeness (QED) is 0.177. The van der Waals surface area contributed by atoms with Crippen LogP contribution in [0.25, 0.3) is 10.9 Å². The van der Waals surface area contributed by atoms with E-state index in [-0.39, 0.29) is 30.9 Å². The molecule has 0 aliphatic carbocycles. The minimum atomic E-state index is -3.89. The number of hydrogen-bond donors (Lipinski definition) is 3. The van der Waals surface area contributed by atoms with E-state index in [0.717, 1.165) is 0 Å². The van der Waals surface area contributed by atoms with Crippen LogP contribution in [0.15, 0.2) is 41.3 Å². The zero-order chi connectivity index (χ0) is 24.9. The van der Waals surface area contributed by atoms with E-state index in [1.54, 1.807) is 12.1 Å². The van der Waals surface area contributed by atoms with Crippen molar-refractivity contribution in [1.29, 1.82) is 0 Å². The fourth-order valence-corrected chi connectivity index (χ4v) is 4.80. The molecule has 0 saturated carbocycles. The van der Waals surface area contributed by atoms with Crippen molar-refractivity contribution in [2.45, 2.75) is 24.3 Å². The van der Waals surface area contributed by atoms with Crippen molar-refractivity contribution in [2.75, 3.05) is 6.61 Å². The number of carbonyl (C=O) groups is 1. The molecule has 1 heterocycles. The number of halogens is 2. The number of fused-ring (bicyclic) bond motifs is 1. The van der Waals surface area contributed by atoms with Gasteiger partial charge in [0.05, 0.1) is 28.6 Å². The second-order valence-electron chi connectivity index (χ2n) is 7.00. The number of nitro groups is 1. The van der Waals surface area contributed by atoms with Gasteiger partial charge >= 0.3 is 6.09 Å². The Balaban J connectivity index is 1.81. The predicted octanol–water partition coefficient (Wildman–Crippen LogP) is 3.37. The number of sulfonamides is 1. The average molecular weight is 525 g/mol. The van der Waals surface area contributed by atoms with Crippen LogP contribution < -0.4 is 10.5 Å². The summed E-state index contributed by atoms with van der Waals surface area (Å²) in [5.74, 6) is 2.38. The predicted molar refractivity (Wildman–Crippen MR) is 126 cm³/mol. The molecule has 0 atom stereocenters. The lowest BCUT2D eigenvalue weighted by Crippen LogP contribution is -2.24. The van der Waals surface area contributed by atoms with E-state index in [1.807, 2.05) is 6.04 Å². The van der Waals surface area contributed by atoms with Gasteiger partial charge in [0, 0.05) is 28.9 Å². The number of aromatic nitrogens is 1. The maximum atomic E-state index is 12.8. The summed E-state index contributed by atoms with van der Waals surface area (Å²) in [6, 6.07) is 10.9. The molecule has 0 saturated heterocycles. The molecule has 13 heteroatoms. The van der Waals surface area contributed by atoms with Crippen LogP contribution in [0.3, 0.4) is 0 Å². The lowest BCUT2D eigenvalue weighted by atomic mass is 10.1. The van der Waals surface area contributed by atoms with Crippen LogP contribution in [0, 0.1) is 22.1 Å². The Kier molecular flexibility index (Phi) is 8.01.